The SMILES string of the molecule is C[Si](C)(C)Cc1cc([Si](C)(C)C)c2c3c(cccc13)NS2(=O)=O. The van der Waals surface area contributed by atoms with Crippen LogP contribution in [0.15, 0.2) is 29.2 Å². The Kier molecular flexibility index (Phi) is 3.59. The van der Waals surface area contributed by atoms with E-state index in [1.165, 1.54) is 5.56 Å². The molecule has 0 saturated carbocycles. The first-order valence-corrected chi connectivity index (χ1v) is 16.7. The molecule has 0 radical (unpaired) electrons. The molecule has 6 heteroatoms. The quantitative estimate of drug-likeness (QED) is 0.840. The molecule has 0 spiro atoms. The number of nitrogens with one attached hydrogen (secondary N) is 1. The minimum absolute atomic E-state index is 0.543. The van der Waals surface area contributed by atoms with Crippen molar-refractivity contribution in [1.82, 2.24) is 0 Å². The van der Waals surface area contributed by atoms with Gasteiger partial charge in [0.15, 0.2) is 0 Å². The summed E-state index contributed by atoms with van der Waals surface area (Å²) < 4.78 is 28.2. The lowest BCUT2D eigenvalue weighted by atomic mass is 10.0. The van der Waals surface area contributed by atoms with Gasteiger partial charge in [-0.3, -0.25) is 4.72 Å². The lowest BCUT2D eigenvalue weighted by Crippen LogP contribution is -2.41. The lowest BCUT2D eigenvalue weighted by molar-refractivity contribution is 0.603. The van der Waals surface area contributed by atoms with Crippen LogP contribution in [0.3, 0.4) is 0 Å². The summed E-state index contributed by atoms with van der Waals surface area (Å²) in [7, 11) is -6.52. The molecule has 0 unspecified atom stereocenters. The Balaban J connectivity index is 2.46. The van der Waals surface area contributed by atoms with Crippen LogP contribution in [0.1, 0.15) is 5.56 Å². The van der Waals surface area contributed by atoms with Crippen molar-refractivity contribution in [3.8, 4) is 0 Å². The molecule has 0 aliphatic carbocycles. The van der Waals surface area contributed by atoms with Gasteiger partial charge in [0, 0.05) is 13.5 Å². The van der Waals surface area contributed by atoms with E-state index in [1.807, 2.05) is 12.1 Å². The van der Waals surface area contributed by atoms with Gasteiger partial charge in [-0.05, 0) is 28.2 Å². The van der Waals surface area contributed by atoms with Gasteiger partial charge in [-0.2, -0.15) is 0 Å². The molecule has 23 heavy (non-hydrogen) atoms. The molecule has 1 aliphatic rings. The zero-order chi connectivity index (χ0) is 17.2. The molecule has 0 amide bonds. The molecular formula is C17H25NO2SSi2. The van der Waals surface area contributed by atoms with Gasteiger partial charge < -0.3 is 0 Å². The van der Waals surface area contributed by atoms with Crippen LogP contribution in [0, 0.1) is 0 Å². The average molecular weight is 364 g/mol. The third-order valence-corrected chi connectivity index (χ3v) is 9.33. The van der Waals surface area contributed by atoms with Crippen molar-refractivity contribution in [1.29, 1.82) is 0 Å². The fraction of sp³-hybridized carbons (Fsp3) is 0.412. The van der Waals surface area contributed by atoms with Crippen LogP contribution in [-0.4, -0.2) is 24.6 Å². The molecule has 3 nitrogen and oxygen atoms in total. The number of hydrogen-bond acceptors (Lipinski definition) is 2. The molecule has 2 aromatic rings. The van der Waals surface area contributed by atoms with Crippen molar-refractivity contribution in [3.05, 3.63) is 29.8 Å². The Labute approximate surface area is 141 Å². The molecule has 124 valence electrons. The summed E-state index contributed by atoms with van der Waals surface area (Å²) >= 11 is 0. The molecule has 0 atom stereocenters. The molecule has 0 aromatic heterocycles. The molecule has 2 aromatic carbocycles. The summed E-state index contributed by atoms with van der Waals surface area (Å²) in [5.74, 6) is 0. The van der Waals surface area contributed by atoms with Crippen LogP contribution in [0.4, 0.5) is 5.69 Å². The van der Waals surface area contributed by atoms with Crippen LogP contribution in [0.25, 0.3) is 10.8 Å². The van der Waals surface area contributed by atoms with Crippen molar-refractivity contribution in [2.45, 2.75) is 50.2 Å². The number of sulfonamides is 1. The Morgan fingerprint density at radius 2 is 1.70 bits per heavy atom. The highest BCUT2D eigenvalue weighted by Gasteiger charge is 2.36. The van der Waals surface area contributed by atoms with Gasteiger partial charge in [-0.15, -0.1) is 0 Å². The smallest absolute Gasteiger partial charge is 0.262 e. The lowest BCUT2D eigenvalue weighted by Gasteiger charge is -2.24. The molecule has 0 fully saturated rings. The summed E-state index contributed by atoms with van der Waals surface area (Å²) in [6, 6.07) is 9.19. The van der Waals surface area contributed by atoms with Crippen LogP contribution in [-0.2, 0) is 16.1 Å². The van der Waals surface area contributed by atoms with E-state index in [-0.39, 0.29) is 0 Å². The molecule has 0 saturated heterocycles. The maximum Gasteiger partial charge on any atom is 0.262 e. The van der Waals surface area contributed by atoms with Crippen LogP contribution in [0.2, 0.25) is 39.3 Å². The Morgan fingerprint density at radius 1 is 1.04 bits per heavy atom. The fourth-order valence-electron chi connectivity index (χ4n) is 3.35. The monoisotopic (exact) mass is 363 g/mol. The number of hydrogen-bond donors (Lipinski definition) is 1. The number of benzene rings is 2. The van der Waals surface area contributed by atoms with Gasteiger partial charge in [-0.1, -0.05) is 57.5 Å². The zero-order valence-corrected chi connectivity index (χ0v) is 17.6. The third-order valence-electron chi connectivity index (χ3n) is 4.24. The van der Waals surface area contributed by atoms with E-state index in [4.69, 9.17) is 0 Å². The fourth-order valence-corrected chi connectivity index (χ4v) is 8.92. The van der Waals surface area contributed by atoms with E-state index in [1.54, 1.807) is 0 Å². The number of anilines is 1. The van der Waals surface area contributed by atoms with Crippen LogP contribution < -0.4 is 9.91 Å². The summed E-state index contributed by atoms with van der Waals surface area (Å²) in [5.41, 5.74) is 2.07. The van der Waals surface area contributed by atoms with Crippen molar-refractivity contribution in [2.75, 3.05) is 4.72 Å². The molecule has 1 aliphatic heterocycles. The zero-order valence-electron chi connectivity index (χ0n) is 14.7. The van der Waals surface area contributed by atoms with Crippen molar-refractivity contribution in [2.24, 2.45) is 0 Å². The predicted molar refractivity (Wildman–Crippen MR) is 105 cm³/mol. The van der Waals surface area contributed by atoms with E-state index in [0.29, 0.717) is 4.90 Å². The predicted octanol–water partition coefficient (Wildman–Crippen LogP) is 3.92. The molecule has 1 heterocycles. The Hall–Kier alpha value is -1.12. The largest absolute Gasteiger partial charge is 0.279 e. The topological polar surface area (TPSA) is 46.2 Å². The second kappa shape index (κ2) is 4.94. The van der Waals surface area contributed by atoms with E-state index >= 15 is 0 Å². The normalized spacial score (nSPS) is 16.6. The van der Waals surface area contributed by atoms with Gasteiger partial charge in [0.25, 0.3) is 10.0 Å². The van der Waals surface area contributed by atoms with E-state index in [0.717, 1.165) is 27.7 Å². The molecule has 0 bridgehead atoms. The minimum Gasteiger partial charge on any atom is -0.279 e. The second-order valence-corrected chi connectivity index (χ2v) is 20.9. The van der Waals surface area contributed by atoms with Gasteiger partial charge in [0.05, 0.1) is 18.7 Å². The minimum atomic E-state index is -3.44. The van der Waals surface area contributed by atoms with Crippen molar-refractivity contribution >= 4 is 47.8 Å². The van der Waals surface area contributed by atoms with E-state index in [9.17, 15) is 8.42 Å². The second-order valence-electron chi connectivity index (χ2n) is 8.73. The first-order valence-electron chi connectivity index (χ1n) is 8.02. The summed E-state index contributed by atoms with van der Waals surface area (Å²) in [6.07, 6.45) is 0. The third kappa shape index (κ3) is 2.88. The molecule has 1 N–H and O–H groups in total. The standard InChI is InChI=1S/C17H25NO2SSi2/c1-22(2,3)11-12-10-15(23(4,5)6)17-16-13(12)8-7-9-14(16)18-21(17,19)20/h7-10,18H,11H2,1-6H3. The summed E-state index contributed by atoms with van der Waals surface area (Å²) in [5, 5.41) is 3.09. The summed E-state index contributed by atoms with van der Waals surface area (Å²) in [4.78, 5) is 0.543. The average Bonchev–Trinajstić information content (AvgIpc) is 2.62. The maximum atomic E-state index is 12.7. The van der Waals surface area contributed by atoms with E-state index < -0.39 is 26.2 Å². The molecular weight excluding hydrogens is 338 g/mol. The van der Waals surface area contributed by atoms with Gasteiger partial charge in [0.2, 0.25) is 0 Å². The van der Waals surface area contributed by atoms with Crippen molar-refractivity contribution in [3.63, 3.8) is 0 Å². The highest BCUT2D eigenvalue weighted by Crippen LogP contribution is 2.39. The highest BCUT2D eigenvalue weighted by molar-refractivity contribution is 7.93. The van der Waals surface area contributed by atoms with E-state index in [2.05, 4.69) is 56.1 Å². The highest BCUT2D eigenvalue weighted by atomic mass is 32.2. The van der Waals surface area contributed by atoms with Crippen LogP contribution in [0.5, 0.6) is 0 Å². The first-order chi connectivity index (χ1) is 10.4. The van der Waals surface area contributed by atoms with Gasteiger partial charge in [-0.25, -0.2) is 8.42 Å². The maximum absolute atomic E-state index is 12.7. The van der Waals surface area contributed by atoms with Gasteiger partial charge >= 0.3 is 0 Å². The number of rotatable bonds is 3. The Bertz CT molecular complexity index is 907. The first kappa shape index (κ1) is 16.7. The van der Waals surface area contributed by atoms with Gasteiger partial charge in [0.1, 0.15) is 0 Å². The summed E-state index contributed by atoms with van der Waals surface area (Å²) in [6.45, 7) is 13.7. The Morgan fingerprint density at radius 3 is 2.26 bits per heavy atom. The van der Waals surface area contributed by atoms with Crippen molar-refractivity contribution < 1.29 is 8.42 Å². The molecule has 3 rings (SSSR count). The van der Waals surface area contributed by atoms with Crippen LogP contribution >= 0.6 is 0 Å².